The molecular formula is C13H11O2S2. The van der Waals surface area contributed by atoms with E-state index in [1.165, 1.54) is 0 Å². The highest BCUT2D eigenvalue weighted by Gasteiger charge is 2.23. The van der Waals surface area contributed by atoms with Gasteiger partial charge in [0.05, 0.1) is 0 Å². The molecule has 0 fully saturated rings. The van der Waals surface area contributed by atoms with E-state index in [0.717, 1.165) is 0 Å². The van der Waals surface area contributed by atoms with Crippen molar-refractivity contribution in [2.75, 3.05) is 6.26 Å². The van der Waals surface area contributed by atoms with E-state index in [9.17, 15) is 9.11 Å². The van der Waals surface area contributed by atoms with E-state index < -0.39 is 22.4 Å². The van der Waals surface area contributed by atoms with Gasteiger partial charge in [-0.15, -0.1) is 0 Å². The zero-order chi connectivity index (χ0) is 12.3. The molecule has 2 unspecified atom stereocenters. The largest absolute Gasteiger partial charge is 0.612 e. The van der Waals surface area contributed by atoms with Gasteiger partial charge >= 0.3 is 0 Å². The predicted octanol–water partition coefficient (Wildman–Crippen LogP) is 2.39. The molecule has 4 heteroatoms. The summed E-state index contributed by atoms with van der Waals surface area (Å²) < 4.78 is 23.9. The lowest BCUT2D eigenvalue weighted by molar-refractivity contribution is 0.585. The Kier molecular flexibility index (Phi) is 4.12. The molecule has 0 aliphatic carbocycles. The summed E-state index contributed by atoms with van der Waals surface area (Å²) >= 11 is -2.47. The van der Waals surface area contributed by atoms with Crippen LogP contribution in [0.15, 0.2) is 63.2 Å². The van der Waals surface area contributed by atoms with Crippen molar-refractivity contribution >= 4 is 22.4 Å². The molecule has 1 radical (unpaired) electrons. The minimum absolute atomic E-state index is 0.593. The number of rotatable bonds is 3. The minimum atomic E-state index is -1.33. The highest BCUT2D eigenvalue weighted by Crippen LogP contribution is 2.26. The Hall–Kier alpha value is -0.940. The van der Waals surface area contributed by atoms with Crippen molar-refractivity contribution in [2.24, 2.45) is 0 Å². The molecule has 0 spiro atoms. The van der Waals surface area contributed by atoms with E-state index in [4.69, 9.17) is 0 Å². The third-order valence-corrected chi connectivity index (χ3v) is 4.75. The van der Waals surface area contributed by atoms with Gasteiger partial charge in [0.1, 0.15) is 6.26 Å². The summed E-state index contributed by atoms with van der Waals surface area (Å²) in [5, 5.41) is 0. The highest BCUT2D eigenvalue weighted by atomic mass is 32.2. The Labute approximate surface area is 107 Å². The molecule has 2 atom stereocenters. The molecule has 2 aromatic rings. The normalized spacial score (nSPS) is 14.3. The lowest BCUT2D eigenvalue weighted by Crippen LogP contribution is -2.09. The maximum atomic E-state index is 12.3. The summed E-state index contributed by atoms with van der Waals surface area (Å²) in [6.07, 6.45) is 1.59. The zero-order valence-corrected chi connectivity index (χ0v) is 10.9. The lowest BCUT2D eigenvalue weighted by atomic mass is 10.4. The van der Waals surface area contributed by atoms with E-state index in [1.807, 2.05) is 12.1 Å². The van der Waals surface area contributed by atoms with Crippen LogP contribution < -0.4 is 0 Å². The molecule has 0 saturated carbocycles. The van der Waals surface area contributed by atoms with E-state index in [2.05, 4.69) is 6.07 Å². The van der Waals surface area contributed by atoms with Crippen LogP contribution >= 0.6 is 0 Å². The Morgan fingerprint density at radius 1 is 0.941 bits per heavy atom. The van der Waals surface area contributed by atoms with Gasteiger partial charge in [0.15, 0.2) is 4.90 Å². The Morgan fingerprint density at radius 3 is 2.18 bits per heavy atom. The first-order valence-corrected chi connectivity index (χ1v) is 7.72. The second kappa shape index (κ2) is 5.60. The summed E-state index contributed by atoms with van der Waals surface area (Å²) in [6.45, 7) is 0. The van der Waals surface area contributed by atoms with Crippen molar-refractivity contribution in [1.82, 2.24) is 0 Å². The van der Waals surface area contributed by atoms with Crippen LogP contribution in [-0.4, -0.2) is 15.4 Å². The molecule has 0 saturated heterocycles. The van der Waals surface area contributed by atoms with Gasteiger partial charge in [-0.25, -0.2) is 0 Å². The van der Waals surface area contributed by atoms with Crippen LogP contribution in [0.3, 0.4) is 0 Å². The molecule has 0 aliphatic rings. The van der Waals surface area contributed by atoms with Crippen molar-refractivity contribution in [3.8, 4) is 0 Å². The highest BCUT2D eigenvalue weighted by molar-refractivity contribution is 7.94. The zero-order valence-electron chi connectivity index (χ0n) is 9.25. The molecule has 0 bridgehead atoms. The summed E-state index contributed by atoms with van der Waals surface area (Å²) in [6, 6.07) is 17.1. The van der Waals surface area contributed by atoms with E-state index in [0.29, 0.717) is 14.7 Å². The maximum Gasteiger partial charge on any atom is 0.213 e. The van der Waals surface area contributed by atoms with E-state index >= 15 is 0 Å². The second-order valence-corrected chi connectivity index (χ2v) is 6.16. The van der Waals surface area contributed by atoms with Gasteiger partial charge < -0.3 is 9.11 Å². The topological polar surface area (TPSA) is 46.1 Å². The standard InChI is InChI=1S/C13H11O2S2/c1-16(14)12-9-5-6-10-13(12)17(15)11-7-3-2-4-8-11/h2-7,9-10H,1H3. The molecule has 0 heterocycles. The van der Waals surface area contributed by atoms with Gasteiger partial charge in [-0.3, -0.25) is 0 Å². The van der Waals surface area contributed by atoms with Crippen molar-refractivity contribution < 1.29 is 9.11 Å². The van der Waals surface area contributed by atoms with Crippen molar-refractivity contribution in [2.45, 2.75) is 14.7 Å². The van der Waals surface area contributed by atoms with E-state index in [1.54, 1.807) is 42.7 Å². The molecule has 2 aromatic carbocycles. The van der Waals surface area contributed by atoms with Gasteiger partial charge in [-0.1, -0.05) is 24.3 Å². The summed E-state index contributed by atoms with van der Waals surface area (Å²) in [5.41, 5.74) is 0. The fourth-order valence-electron chi connectivity index (χ4n) is 1.45. The van der Waals surface area contributed by atoms with Crippen LogP contribution in [0, 0.1) is 6.07 Å². The van der Waals surface area contributed by atoms with Crippen molar-refractivity contribution in [3.05, 3.63) is 54.6 Å². The maximum absolute atomic E-state index is 12.3. The number of benzene rings is 2. The SMILES string of the molecule is C[S+]([O-])c1ccccc1[S+]([O-])c1[c]cccc1. The summed E-state index contributed by atoms with van der Waals surface area (Å²) in [5.74, 6) is 0. The van der Waals surface area contributed by atoms with Crippen LogP contribution in [-0.2, 0) is 22.4 Å². The quantitative estimate of drug-likeness (QED) is 0.798. The van der Waals surface area contributed by atoms with Gasteiger partial charge in [-0.05, 0) is 35.4 Å². The molecule has 17 heavy (non-hydrogen) atoms. The summed E-state index contributed by atoms with van der Waals surface area (Å²) in [4.78, 5) is 1.81. The van der Waals surface area contributed by atoms with Gasteiger partial charge in [-0.2, -0.15) is 0 Å². The van der Waals surface area contributed by atoms with Crippen LogP contribution in [0.2, 0.25) is 0 Å². The average molecular weight is 263 g/mol. The molecule has 0 aromatic heterocycles. The fourth-order valence-corrected chi connectivity index (χ4v) is 3.72. The molecule has 0 amide bonds. The first-order valence-electron chi connectivity index (χ1n) is 5.01. The molecule has 87 valence electrons. The van der Waals surface area contributed by atoms with Crippen LogP contribution in [0.5, 0.6) is 0 Å². The van der Waals surface area contributed by atoms with Gasteiger partial charge in [0.2, 0.25) is 9.79 Å². The van der Waals surface area contributed by atoms with Crippen LogP contribution in [0.25, 0.3) is 0 Å². The molecule has 2 rings (SSSR count). The first-order chi connectivity index (χ1) is 8.20. The molecule has 2 nitrogen and oxygen atoms in total. The average Bonchev–Trinajstić information content (AvgIpc) is 2.39. The third kappa shape index (κ3) is 2.84. The number of hydrogen-bond acceptors (Lipinski definition) is 2. The Bertz CT molecular complexity index is 486. The summed E-state index contributed by atoms with van der Waals surface area (Å²) in [7, 11) is 0. The lowest BCUT2D eigenvalue weighted by Gasteiger charge is -2.13. The molecule has 0 N–H and O–H groups in total. The first kappa shape index (κ1) is 12.5. The Morgan fingerprint density at radius 2 is 1.59 bits per heavy atom. The molecule has 0 aliphatic heterocycles. The Balaban J connectivity index is 2.41. The fraction of sp³-hybridized carbons (Fsp3) is 0.0769. The third-order valence-electron chi connectivity index (χ3n) is 2.24. The predicted molar refractivity (Wildman–Crippen MR) is 68.7 cm³/mol. The van der Waals surface area contributed by atoms with E-state index in [-0.39, 0.29) is 0 Å². The number of hydrogen-bond donors (Lipinski definition) is 0. The van der Waals surface area contributed by atoms with Gasteiger partial charge in [0, 0.05) is 17.2 Å². The van der Waals surface area contributed by atoms with Gasteiger partial charge in [0.25, 0.3) is 0 Å². The monoisotopic (exact) mass is 263 g/mol. The minimum Gasteiger partial charge on any atom is -0.612 e. The van der Waals surface area contributed by atoms with Crippen LogP contribution in [0.4, 0.5) is 0 Å². The molecular weight excluding hydrogens is 252 g/mol. The van der Waals surface area contributed by atoms with Crippen molar-refractivity contribution in [3.63, 3.8) is 0 Å². The second-order valence-electron chi connectivity index (χ2n) is 3.40. The van der Waals surface area contributed by atoms with Crippen molar-refractivity contribution in [1.29, 1.82) is 0 Å². The van der Waals surface area contributed by atoms with Crippen LogP contribution in [0.1, 0.15) is 0 Å². The smallest absolute Gasteiger partial charge is 0.213 e.